The van der Waals surface area contributed by atoms with Crippen molar-refractivity contribution in [1.82, 2.24) is 14.4 Å². The maximum atomic E-state index is 13.4. The van der Waals surface area contributed by atoms with E-state index in [0.29, 0.717) is 6.42 Å². The molecule has 32 heavy (non-hydrogen) atoms. The molecule has 1 aliphatic heterocycles. The monoisotopic (exact) mass is 443 g/mol. The molecule has 0 spiro atoms. The van der Waals surface area contributed by atoms with Crippen molar-refractivity contribution >= 4 is 28.1 Å². The van der Waals surface area contributed by atoms with E-state index < -0.39 is 0 Å². The van der Waals surface area contributed by atoms with Gasteiger partial charge in [0.25, 0.3) is 0 Å². The van der Waals surface area contributed by atoms with Crippen molar-refractivity contribution in [3.8, 4) is 0 Å². The van der Waals surface area contributed by atoms with Gasteiger partial charge in [0.2, 0.25) is 5.91 Å². The molecular weight excluding hydrogens is 414 g/mol. The molecule has 0 bridgehead atoms. The minimum absolute atomic E-state index is 0.0854. The summed E-state index contributed by atoms with van der Waals surface area (Å²) < 4.78 is 2.18. The lowest BCUT2D eigenvalue weighted by Crippen LogP contribution is -2.48. The number of amides is 1. The van der Waals surface area contributed by atoms with E-state index in [9.17, 15) is 4.79 Å². The number of thiophene rings is 1. The molecule has 1 aliphatic rings. The average Bonchev–Trinajstić information content (AvgIpc) is 3.47. The van der Waals surface area contributed by atoms with Crippen LogP contribution in [0.4, 0.5) is 0 Å². The zero-order chi connectivity index (χ0) is 21.9. The van der Waals surface area contributed by atoms with Crippen molar-refractivity contribution in [1.29, 1.82) is 0 Å². The van der Waals surface area contributed by atoms with Gasteiger partial charge in [-0.15, -0.1) is 0 Å². The van der Waals surface area contributed by atoms with Gasteiger partial charge in [-0.1, -0.05) is 48.5 Å². The van der Waals surface area contributed by atoms with Crippen LogP contribution in [0.5, 0.6) is 0 Å². The van der Waals surface area contributed by atoms with Gasteiger partial charge in [-0.2, -0.15) is 11.3 Å². The van der Waals surface area contributed by atoms with Gasteiger partial charge in [-0.05, 0) is 39.6 Å². The smallest absolute Gasteiger partial charge is 0.223 e. The molecule has 0 radical (unpaired) electrons. The van der Waals surface area contributed by atoms with Crippen LogP contribution in [0, 0.1) is 0 Å². The van der Waals surface area contributed by atoms with Crippen LogP contribution in [0.1, 0.15) is 29.0 Å². The quantitative estimate of drug-likeness (QED) is 0.414. The lowest BCUT2D eigenvalue weighted by Gasteiger charge is -2.35. The lowest BCUT2D eigenvalue weighted by molar-refractivity contribution is -0.133. The molecular formula is C27H29N3OS. The van der Waals surface area contributed by atoms with Gasteiger partial charge in [-0.25, -0.2) is 0 Å². The normalized spacial score (nSPS) is 15.8. The van der Waals surface area contributed by atoms with Gasteiger partial charge in [0.05, 0.1) is 0 Å². The second-order valence-electron chi connectivity index (χ2n) is 8.67. The molecule has 1 atom stereocenters. The van der Waals surface area contributed by atoms with E-state index in [2.05, 4.69) is 99.0 Å². The van der Waals surface area contributed by atoms with E-state index in [4.69, 9.17) is 0 Å². The van der Waals surface area contributed by atoms with Gasteiger partial charge in [0, 0.05) is 69.2 Å². The molecule has 5 heteroatoms. The number of hydrogen-bond acceptors (Lipinski definition) is 3. The molecule has 164 valence electrons. The van der Waals surface area contributed by atoms with Gasteiger partial charge in [-0.3, -0.25) is 9.69 Å². The number of aryl methyl sites for hydroxylation is 1. The molecule has 0 saturated carbocycles. The zero-order valence-electron chi connectivity index (χ0n) is 18.5. The third-order valence-corrected chi connectivity index (χ3v) is 7.30. The minimum atomic E-state index is 0.0854. The van der Waals surface area contributed by atoms with Gasteiger partial charge in [0.15, 0.2) is 0 Å². The molecule has 2 aromatic heterocycles. The number of aromatic nitrogens is 1. The van der Waals surface area contributed by atoms with E-state index in [1.54, 1.807) is 11.3 Å². The fourth-order valence-electron chi connectivity index (χ4n) is 4.83. The summed E-state index contributed by atoms with van der Waals surface area (Å²) in [7, 11) is 2.09. The molecule has 0 N–H and O–H groups in total. The molecule has 1 saturated heterocycles. The van der Waals surface area contributed by atoms with Crippen LogP contribution in [-0.4, -0.2) is 46.5 Å². The maximum Gasteiger partial charge on any atom is 0.223 e. The molecule has 5 rings (SSSR count). The first-order valence-corrected chi connectivity index (χ1v) is 12.2. The van der Waals surface area contributed by atoms with Gasteiger partial charge in [0.1, 0.15) is 0 Å². The summed E-state index contributed by atoms with van der Waals surface area (Å²) in [5.41, 5.74) is 5.03. The first-order valence-electron chi connectivity index (χ1n) is 11.3. The van der Waals surface area contributed by atoms with E-state index in [1.165, 1.54) is 27.6 Å². The van der Waals surface area contributed by atoms with Crippen molar-refractivity contribution < 1.29 is 4.79 Å². The maximum absolute atomic E-state index is 13.4. The first kappa shape index (κ1) is 21.0. The van der Waals surface area contributed by atoms with Gasteiger partial charge >= 0.3 is 0 Å². The van der Waals surface area contributed by atoms with E-state index in [1.807, 2.05) is 0 Å². The molecule has 1 unspecified atom stereocenters. The Balaban J connectivity index is 1.30. The summed E-state index contributed by atoms with van der Waals surface area (Å²) >= 11 is 1.70. The lowest BCUT2D eigenvalue weighted by atomic mass is 9.89. The number of nitrogens with zero attached hydrogens (tertiary/aromatic N) is 3. The van der Waals surface area contributed by atoms with Crippen molar-refractivity contribution in [2.45, 2.75) is 18.9 Å². The zero-order valence-corrected chi connectivity index (χ0v) is 19.3. The van der Waals surface area contributed by atoms with Crippen molar-refractivity contribution in [2.75, 3.05) is 26.2 Å². The Morgan fingerprint density at radius 3 is 2.47 bits per heavy atom. The van der Waals surface area contributed by atoms with Crippen LogP contribution >= 0.6 is 11.3 Å². The standard InChI is InChI=1S/C27H29N3OS/c1-28-19-25(23-9-5-6-10-26(23)28)24(22-11-16-32-20-22)17-27(31)30-14-12-29(13-15-30)18-21-7-3-2-4-8-21/h2-11,16,19-20,24H,12-15,17-18H2,1H3. The molecule has 1 amide bonds. The third kappa shape index (κ3) is 4.36. The predicted octanol–water partition coefficient (Wildman–Crippen LogP) is 5.11. The minimum Gasteiger partial charge on any atom is -0.350 e. The van der Waals surface area contributed by atoms with Crippen molar-refractivity contribution in [3.05, 3.63) is 94.3 Å². The summed E-state index contributed by atoms with van der Waals surface area (Å²) in [6.07, 6.45) is 2.72. The second-order valence-corrected chi connectivity index (χ2v) is 9.45. The summed E-state index contributed by atoms with van der Waals surface area (Å²) in [4.78, 5) is 17.9. The fourth-order valence-corrected chi connectivity index (χ4v) is 5.55. The Bertz CT molecular complexity index is 1170. The van der Waals surface area contributed by atoms with E-state index >= 15 is 0 Å². The van der Waals surface area contributed by atoms with Crippen LogP contribution in [0.2, 0.25) is 0 Å². The Morgan fingerprint density at radius 1 is 0.969 bits per heavy atom. The number of benzene rings is 2. The van der Waals surface area contributed by atoms with Crippen LogP contribution in [0.25, 0.3) is 10.9 Å². The van der Waals surface area contributed by atoms with Crippen LogP contribution < -0.4 is 0 Å². The number of piperazine rings is 1. The Morgan fingerprint density at radius 2 is 1.72 bits per heavy atom. The van der Waals surface area contributed by atoms with E-state index in [0.717, 1.165) is 32.7 Å². The highest BCUT2D eigenvalue weighted by molar-refractivity contribution is 7.08. The first-order chi connectivity index (χ1) is 15.7. The van der Waals surface area contributed by atoms with Crippen LogP contribution in [0.15, 0.2) is 77.6 Å². The Kier molecular flexibility index (Phi) is 6.10. The predicted molar refractivity (Wildman–Crippen MR) is 132 cm³/mol. The molecule has 0 aliphatic carbocycles. The van der Waals surface area contributed by atoms with Crippen molar-refractivity contribution in [3.63, 3.8) is 0 Å². The number of hydrogen-bond donors (Lipinski definition) is 0. The number of carbonyl (C=O) groups is 1. The largest absolute Gasteiger partial charge is 0.350 e. The van der Waals surface area contributed by atoms with Crippen LogP contribution in [-0.2, 0) is 18.4 Å². The summed E-state index contributed by atoms with van der Waals surface area (Å²) in [6.45, 7) is 4.42. The van der Waals surface area contributed by atoms with E-state index in [-0.39, 0.29) is 11.8 Å². The molecule has 2 aromatic carbocycles. The van der Waals surface area contributed by atoms with Crippen LogP contribution in [0.3, 0.4) is 0 Å². The average molecular weight is 444 g/mol. The summed E-state index contributed by atoms with van der Waals surface area (Å²) in [5, 5.41) is 5.55. The highest BCUT2D eigenvalue weighted by Crippen LogP contribution is 2.35. The van der Waals surface area contributed by atoms with Crippen molar-refractivity contribution in [2.24, 2.45) is 7.05 Å². The highest BCUT2D eigenvalue weighted by atomic mass is 32.1. The Hall–Kier alpha value is -2.89. The molecule has 1 fully saturated rings. The number of para-hydroxylation sites is 1. The summed E-state index contributed by atoms with van der Waals surface area (Å²) in [6, 6.07) is 21.2. The number of rotatable bonds is 6. The third-order valence-electron chi connectivity index (χ3n) is 6.60. The number of carbonyl (C=O) groups excluding carboxylic acids is 1. The molecule has 3 heterocycles. The summed E-state index contributed by atoms with van der Waals surface area (Å²) in [5.74, 6) is 0.343. The number of fused-ring (bicyclic) bond motifs is 1. The highest BCUT2D eigenvalue weighted by Gasteiger charge is 2.27. The topological polar surface area (TPSA) is 28.5 Å². The SMILES string of the molecule is Cn1cc(C(CC(=O)N2CCN(Cc3ccccc3)CC2)c2ccsc2)c2ccccc21. The fraction of sp³-hybridized carbons (Fsp3) is 0.296. The molecule has 4 nitrogen and oxygen atoms in total. The molecule has 4 aromatic rings. The van der Waals surface area contributed by atoms with Gasteiger partial charge < -0.3 is 9.47 Å². The second kappa shape index (κ2) is 9.31. The Labute approximate surface area is 193 Å².